The van der Waals surface area contributed by atoms with Crippen molar-refractivity contribution in [3.63, 3.8) is 0 Å². The van der Waals surface area contributed by atoms with Crippen molar-refractivity contribution < 1.29 is 14.2 Å². The molecule has 1 unspecified atom stereocenters. The van der Waals surface area contributed by atoms with Gasteiger partial charge in [-0.3, -0.25) is 0 Å². The van der Waals surface area contributed by atoms with E-state index in [0.717, 1.165) is 41.2 Å². The van der Waals surface area contributed by atoms with Gasteiger partial charge in [-0.25, -0.2) is 0 Å². The van der Waals surface area contributed by atoms with Gasteiger partial charge in [0.15, 0.2) is 11.5 Å². The Morgan fingerprint density at radius 3 is 2.94 bits per heavy atom. The number of nitrogens with one attached hydrogen (secondary N) is 1. The van der Waals surface area contributed by atoms with Crippen LogP contribution in [0.5, 0.6) is 11.5 Å². The number of morpholine rings is 1. The second-order valence-corrected chi connectivity index (χ2v) is 4.62. The van der Waals surface area contributed by atoms with E-state index in [4.69, 9.17) is 14.2 Å². The van der Waals surface area contributed by atoms with Gasteiger partial charge in [0.05, 0.1) is 17.2 Å². The average Bonchev–Trinajstić information content (AvgIpc) is 2.81. The largest absolute Gasteiger partial charge is 0.453 e. The molecule has 0 aromatic heterocycles. The molecule has 2 aliphatic rings. The summed E-state index contributed by atoms with van der Waals surface area (Å²) in [4.78, 5) is 0. The summed E-state index contributed by atoms with van der Waals surface area (Å²) in [5.74, 6) is 1.59. The molecule has 1 N–H and O–H groups in total. The van der Waals surface area contributed by atoms with Crippen LogP contribution in [0.3, 0.4) is 0 Å². The summed E-state index contributed by atoms with van der Waals surface area (Å²) in [6.45, 7) is 2.74. The number of ether oxygens (including phenoxy) is 3. The molecule has 5 heteroatoms. The van der Waals surface area contributed by atoms with Crippen molar-refractivity contribution >= 4 is 15.9 Å². The van der Waals surface area contributed by atoms with Gasteiger partial charge in [-0.05, 0) is 22.0 Å². The molecule has 1 fully saturated rings. The zero-order chi connectivity index (χ0) is 11.0. The summed E-state index contributed by atoms with van der Waals surface area (Å²) in [7, 11) is 0. The van der Waals surface area contributed by atoms with Gasteiger partial charge in [-0.2, -0.15) is 0 Å². The molecule has 1 aromatic carbocycles. The zero-order valence-corrected chi connectivity index (χ0v) is 10.2. The van der Waals surface area contributed by atoms with Gasteiger partial charge in [0, 0.05) is 18.7 Å². The van der Waals surface area contributed by atoms with Gasteiger partial charge in [0.1, 0.15) is 0 Å². The third kappa shape index (κ3) is 1.69. The minimum atomic E-state index is 0.0531. The molecule has 16 heavy (non-hydrogen) atoms. The highest BCUT2D eigenvalue weighted by molar-refractivity contribution is 9.10. The monoisotopic (exact) mass is 285 g/mol. The van der Waals surface area contributed by atoms with Crippen LogP contribution in [0.15, 0.2) is 16.6 Å². The summed E-state index contributed by atoms with van der Waals surface area (Å²) < 4.78 is 17.6. The summed E-state index contributed by atoms with van der Waals surface area (Å²) >= 11 is 3.44. The predicted molar refractivity (Wildman–Crippen MR) is 61.8 cm³/mol. The Balaban J connectivity index is 1.98. The molecule has 0 spiro atoms. The van der Waals surface area contributed by atoms with Crippen LogP contribution in [0.1, 0.15) is 11.7 Å². The van der Waals surface area contributed by atoms with E-state index in [1.54, 1.807) is 0 Å². The highest BCUT2D eigenvalue weighted by atomic mass is 79.9. The van der Waals surface area contributed by atoms with E-state index >= 15 is 0 Å². The molecule has 4 nitrogen and oxygen atoms in total. The third-order valence-electron chi connectivity index (χ3n) is 2.78. The Bertz CT molecular complexity index is 404. The first kappa shape index (κ1) is 10.4. The fraction of sp³-hybridized carbons (Fsp3) is 0.455. The van der Waals surface area contributed by atoms with Gasteiger partial charge < -0.3 is 19.5 Å². The quantitative estimate of drug-likeness (QED) is 0.855. The maximum Gasteiger partial charge on any atom is 0.231 e. The molecule has 0 bridgehead atoms. The van der Waals surface area contributed by atoms with Gasteiger partial charge in [-0.15, -0.1) is 0 Å². The Morgan fingerprint density at radius 1 is 1.25 bits per heavy atom. The van der Waals surface area contributed by atoms with Crippen LogP contribution in [0.4, 0.5) is 0 Å². The SMILES string of the molecule is Brc1ccc(C2CNCCO2)c2c1OCO2. The smallest absolute Gasteiger partial charge is 0.231 e. The molecule has 2 heterocycles. The first-order valence-electron chi connectivity index (χ1n) is 5.26. The molecule has 3 rings (SSSR count). The van der Waals surface area contributed by atoms with Gasteiger partial charge in [0.25, 0.3) is 0 Å². The number of hydrogen-bond acceptors (Lipinski definition) is 4. The fourth-order valence-electron chi connectivity index (χ4n) is 2.00. The van der Waals surface area contributed by atoms with Crippen LogP contribution in [0, 0.1) is 0 Å². The van der Waals surface area contributed by atoms with Crippen LogP contribution in [-0.2, 0) is 4.74 Å². The number of halogens is 1. The second kappa shape index (κ2) is 4.24. The number of hydrogen-bond donors (Lipinski definition) is 1. The molecule has 1 saturated heterocycles. The van der Waals surface area contributed by atoms with E-state index in [1.165, 1.54) is 0 Å². The van der Waals surface area contributed by atoms with E-state index in [9.17, 15) is 0 Å². The number of benzene rings is 1. The van der Waals surface area contributed by atoms with Crippen LogP contribution >= 0.6 is 15.9 Å². The minimum Gasteiger partial charge on any atom is -0.453 e. The van der Waals surface area contributed by atoms with Crippen molar-refractivity contribution in [2.75, 3.05) is 26.5 Å². The highest BCUT2D eigenvalue weighted by Crippen LogP contribution is 2.44. The van der Waals surface area contributed by atoms with Crippen molar-refractivity contribution in [1.82, 2.24) is 5.32 Å². The molecule has 1 aromatic rings. The Kier molecular flexibility index (Phi) is 2.75. The van der Waals surface area contributed by atoms with Crippen LogP contribution < -0.4 is 14.8 Å². The highest BCUT2D eigenvalue weighted by Gasteiger charge is 2.27. The van der Waals surface area contributed by atoms with Gasteiger partial charge >= 0.3 is 0 Å². The molecule has 2 aliphatic heterocycles. The number of fused-ring (bicyclic) bond motifs is 1. The van der Waals surface area contributed by atoms with E-state index in [2.05, 4.69) is 21.2 Å². The maximum atomic E-state index is 5.72. The fourth-order valence-corrected chi connectivity index (χ4v) is 2.43. The molecule has 0 aliphatic carbocycles. The van der Waals surface area contributed by atoms with Crippen molar-refractivity contribution in [3.8, 4) is 11.5 Å². The minimum absolute atomic E-state index is 0.0531. The van der Waals surface area contributed by atoms with Crippen molar-refractivity contribution in [1.29, 1.82) is 0 Å². The zero-order valence-electron chi connectivity index (χ0n) is 8.66. The lowest BCUT2D eigenvalue weighted by atomic mass is 10.1. The topological polar surface area (TPSA) is 39.7 Å². The van der Waals surface area contributed by atoms with Gasteiger partial charge in [-0.1, -0.05) is 6.07 Å². The molecule has 0 saturated carbocycles. The summed E-state index contributed by atoms with van der Waals surface area (Å²) in [5, 5.41) is 3.31. The molecular formula is C11H12BrNO3. The molecule has 86 valence electrons. The number of rotatable bonds is 1. The van der Waals surface area contributed by atoms with Crippen molar-refractivity contribution in [2.24, 2.45) is 0 Å². The first-order valence-corrected chi connectivity index (χ1v) is 6.06. The predicted octanol–water partition coefficient (Wildman–Crippen LogP) is 1.84. The van der Waals surface area contributed by atoms with E-state index < -0.39 is 0 Å². The summed E-state index contributed by atoms with van der Waals surface area (Å²) in [6, 6.07) is 4.00. The molecular weight excluding hydrogens is 274 g/mol. The first-order chi connectivity index (χ1) is 7.86. The second-order valence-electron chi connectivity index (χ2n) is 3.76. The lowest BCUT2D eigenvalue weighted by Gasteiger charge is -2.24. The normalized spacial score (nSPS) is 23.4. The lowest BCUT2D eigenvalue weighted by Crippen LogP contribution is -2.33. The Labute approximate surface area is 102 Å². The van der Waals surface area contributed by atoms with Crippen LogP contribution in [0.2, 0.25) is 0 Å². The molecule has 1 atom stereocenters. The maximum absolute atomic E-state index is 5.72. The van der Waals surface area contributed by atoms with E-state index in [0.29, 0.717) is 0 Å². The van der Waals surface area contributed by atoms with Crippen LogP contribution in [-0.4, -0.2) is 26.5 Å². The van der Waals surface area contributed by atoms with E-state index in [-0.39, 0.29) is 12.9 Å². The lowest BCUT2D eigenvalue weighted by molar-refractivity contribution is 0.0259. The Morgan fingerprint density at radius 2 is 2.12 bits per heavy atom. The average molecular weight is 286 g/mol. The van der Waals surface area contributed by atoms with Gasteiger partial charge in [0.2, 0.25) is 6.79 Å². The van der Waals surface area contributed by atoms with Crippen molar-refractivity contribution in [3.05, 3.63) is 22.2 Å². The standard InChI is InChI=1S/C11H12BrNO3/c12-8-2-1-7(9-5-13-3-4-14-9)10-11(8)16-6-15-10/h1-2,9,13H,3-6H2. The Hall–Kier alpha value is -0.780. The summed E-state index contributed by atoms with van der Waals surface area (Å²) in [5.41, 5.74) is 1.06. The van der Waals surface area contributed by atoms with Crippen LogP contribution in [0.25, 0.3) is 0 Å². The third-order valence-corrected chi connectivity index (χ3v) is 3.40. The molecule has 0 radical (unpaired) electrons. The summed E-state index contributed by atoms with van der Waals surface area (Å²) in [6.07, 6.45) is 0.0531. The van der Waals surface area contributed by atoms with E-state index in [1.807, 2.05) is 12.1 Å². The van der Waals surface area contributed by atoms with Crippen molar-refractivity contribution in [2.45, 2.75) is 6.10 Å². The molecule has 0 amide bonds.